The Morgan fingerprint density at radius 1 is 1.47 bits per heavy atom. The average molecular weight is 226 g/mol. The lowest BCUT2D eigenvalue weighted by atomic mass is 10.2. The number of anilines is 1. The van der Waals surface area contributed by atoms with E-state index in [0.717, 1.165) is 5.69 Å². The van der Waals surface area contributed by atoms with Crippen molar-refractivity contribution in [3.8, 4) is 6.07 Å². The lowest BCUT2D eigenvalue weighted by Gasteiger charge is -2.05. The Kier molecular flexibility index (Phi) is 3.17. The van der Waals surface area contributed by atoms with Gasteiger partial charge in [-0.05, 0) is 12.1 Å². The van der Waals surface area contributed by atoms with E-state index in [1.165, 1.54) is 6.33 Å². The van der Waals surface area contributed by atoms with Crippen molar-refractivity contribution >= 4 is 11.6 Å². The van der Waals surface area contributed by atoms with Crippen LogP contribution in [0.25, 0.3) is 0 Å². The van der Waals surface area contributed by atoms with Crippen LogP contribution >= 0.6 is 0 Å². The number of imidazole rings is 1. The quantitative estimate of drug-likeness (QED) is 0.831. The Bertz CT molecular complexity index is 554. The number of nitrogens with zero attached hydrogens (tertiary/aromatic N) is 2. The summed E-state index contributed by atoms with van der Waals surface area (Å²) in [5.41, 5.74) is 1.71. The van der Waals surface area contributed by atoms with Gasteiger partial charge in [-0.3, -0.25) is 4.79 Å². The van der Waals surface area contributed by atoms with Crippen LogP contribution in [0.2, 0.25) is 0 Å². The van der Waals surface area contributed by atoms with Gasteiger partial charge in [0.2, 0.25) is 5.91 Å². The van der Waals surface area contributed by atoms with E-state index in [0.29, 0.717) is 11.3 Å². The third kappa shape index (κ3) is 2.69. The second kappa shape index (κ2) is 4.94. The van der Waals surface area contributed by atoms with Gasteiger partial charge >= 0.3 is 0 Å². The van der Waals surface area contributed by atoms with Crippen molar-refractivity contribution in [3.05, 3.63) is 48.0 Å². The molecule has 0 unspecified atom stereocenters. The molecule has 0 spiro atoms. The molecule has 5 heteroatoms. The van der Waals surface area contributed by atoms with Gasteiger partial charge in [0.25, 0.3) is 0 Å². The molecule has 0 bridgehead atoms. The van der Waals surface area contributed by atoms with Gasteiger partial charge < -0.3 is 10.3 Å². The normalized spacial score (nSPS) is 9.59. The maximum atomic E-state index is 11.7. The molecule has 5 nitrogen and oxygen atoms in total. The summed E-state index contributed by atoms with van der Waals surface area (Å²) in [4.78, 5) is 18.4. The molecule has 0 aliphatic heterocycles. The number of H-pyrrole nitrogens is 1. The van der Waals surface area contributed by atoms with Crippen LogP contribution in [0.1, 0.15) is 11.3 Å². The summed E-state index contributed by atoms with van der Waals surface area (Å²) < 4.78 is 0. The van der Waals surface area contributed by atoms with Gasteiger partial charge in [-0.1, -0.05) is 12.1 Å². The van der Waals surface area contributed by atoms with E-state index < -0.39 is 0 Å². The fraction of sp³-hybridized carbons (Fsp3) is 0.0833. The zero-order valence-electron chi connectivity index (χ0n) is 8.97. The third-order valence-electron chi connectivity index (χ3n) is 2.23. The Balaban J connectivity index is 2.06. The number of amides is 1. The van der Waals surface area contributed by atoms with Crippen LogP contribution in [0, 0.1) is 11.3 Å². The maximum Gasteiger partial charge on any atom is 0.230 e. The molecule has 2 aromatic rings. The van der Waals surface area contributed by atoms with Crippen molar-refractivity contribution in [2.75, 3.05) is 5.32 Å². The van der Waals surface area contributed by atoms with Crippen LogP contribution in [0.3, 0.4) is 0 Å². The molecule has 84 valence electrons. The van der Waals surface area contributed by atoms with Gasteiger partial charge in [0.15, 0.2) is 0 Å². The minimum Gasteiger partial charge on any atom is -0.348 e. The standard InChI is InChI=1S/C12H10N4O/c13-6-9-3-1-2-4-11(9)16-12(17)5-10-7-14-8-15-10/h1-4,7-8H,5H2,(H,14,15)(H,16,17). The monoisotopic (exact) mass is 226 g/mol. The molecule has 0 aliphatic carbocycles. The van der Waals surface area contributed by atoms with Gasteiger partial charge in [0, 0.05) is 11.9 Å². The van der Waals surface area contributed by atoms with Gasteiger partial charge in [-0.15, -0.1) is 0 Å². The average Bonchev–Trinajstić information content (AvgIpc) is 2.82. The summed E-state index contributed by atoms with van der Waals surface area (Å²) in [6.45, 7) is 0. The molecule has 1 aromatic heterocycles. The number of nitriles is 1. The number of hydrogen-bond acceptors (Lipinski definition) is 3. The van der Waals surface area contributed by atoms with E-state index in [2.05, 4.69) is 15.3 Å². The van der Waals surface area contributed by atoms with Gasteiger partial charge in [-0.25, -0.2) is 4.98 Å². The molecule has 0 radical (unpaired) electrons. The number of carbonyl (C=O) groups excluding carboxylic acids is 1. The molecule has 0 fully saturated rings. The van der Waals surface area contributed by atoms with Crippen molar-refractivity contribution in [1.29, 1.82) is 5.26 Å². The second-order valence-electron chi connectivity index (χ2n) is 3.46. The summed E-state index contributed by atoms with van der Waals surface area (Å²) in [6, 6.07) is 8.90. The van der Waals surface area contributed by atoms with E-state index in [-0.39, 0.29) is 12.3 Å². The molecule has 0 saturated carbocycles. The molecule has 2 rings (SSSR count). The predicted octanol–water partition coefficient (Wildman–Crippen LogP) is 1.46. The SMILES string of the molecule is N#Cc1ccccc1NC(=O)Cc1cnc[nH]1. The lowest BCUT2D eigenvalue weighted by Crippen LogP contribution is -2.15. The minimum absolute atomic E-state index is 0.183. The summed E-state index contributed by atoms with van der Waals surface area (Å²) in [6.07, 6.45) is 3.32. The molecule has 0 atom stereocenters. The van der Waals surface area contributed by atoms with Crippen LogP contribution in [0.15, 0.2) is 36.8 Å². The van der Waals surface area contributed by atoms with Crippen LogP contribution in [-0.4, -0.2) is 15.9 Å². The number of para-hydroxylation sites is 1. The smallest absolute Gasteiger partial charge is 0.230 e. The Labute approximate surface area is 98.1 Å². The molecule has 1 amide bonds. The van der Waals surface area contributed by atoms with E-state index in [4.69, 9.17) is 5.26 Å². The number of nitrogens with one attached hydrogen (secondary N) is 2. The van der Waals surface area contributed by atoms with Crippen LogP contribution in [0.5, 0.6) is 0 Å². The molecule has 0 aliphatic rings. The summed E-state index contributed by atoms with van der Waals surface area (Å²) in [5, 5.41) is 11.6. The molecule has 2 N–H and O–H groups in total. The van der Waals surface area contributed by atoms with E-state index >= 15 is 0 Å². The minimum atomic E-state index is -0.183. The Morgan fingerprint density at radius 2 is 2.29 bits per heavy atom. The van der Waals surface area contributed by atoms with Crippen molar-refractivity contribution in [1.82, 2.24) is 9.97 Å². The van der Waals surface area contributed by atoms with E-state index in [9.17, 15) is 4.79 Å². The zero-order valence-corrected chi connectivity index (χ0v) is 8.97. The number of carbonyl (C=O) groups is 1. The topological polar surface area (TPSA) is 81.6 Å². The number of aromatic nitrogens is 2. The van der Waals surface area contributed by atoms with Crippen LogP contribution in [-0.2, 0) is 11.2 Å². The first-order valence-electron chi connectivity index (χ1n) is 5.06. The summed E-state index contributed by atoms with van der Waals surface area (Å²) in [5.74, 6) is -0.183. The van der Waals surface area contributed by atoms with Gasteiger partial charge in [0.05, 0.1) is 24.0 Å². The first-order valence-corrected chi connectivity index (χ1v) is 5.06. The van der Waals surface area contributed by atoms with Crippen molar-refractivity contribution in [2.24, 2.45) is 0 Å². The number of benzene rings is 1. The largest absolute Gasteiger partial charge is 0.348 e. The third-order valence-corrected chi connectivity index (χ3v) is 2.23. The van der Waals surface area contributed by atoms with E-state index in [1.54, 1.807) is 30.5 Å². The molecule has 1 aromatic carbocycles. The highest BCUT2D eigenvalue weighted by Gasteiger charge is 2.07. The number of aromatic amines is 1. The van der Waals surface area contributed by atoms with Crippen LogP contribution < -0.4 is 5.32 Å². The predicted molar refractivity (Wildman–Crippen MR) is 62.1 cm³/mol. The zero-order chi connectivity index (χ0) is 12.1. The van der Waals surface area contributed by atoms with Crippen LogP contribution in [0.4, 0.5) is 5.69 Å². The lowest BCUT2D eigenvalue weighted by molar-refractivity contribution is -0.115. The van der Waals surface area contributed by atoms with Gasteiger partial charge in [0.1, 0.15) is 6.07 Å². The highest BCUT2D eigenvalue weighted by Crippen LogP contribution is 2.13. The number of hydrogen-bond donors (Lipinski definition) is 2. The Morgan fingerprint density at radius 3 is 3.00 bits per heavy atom. The van der Waals surface area contributed by atoms with E-state index in [1.807, 2.05) is 6.07 Å². The van der Waals surface area contributed by atoms with Crippen molar-refractivity contribution in [3.63, 3.8) is 0 Å². The summed E-state index contributed by atoms with van der Waals surface area (Å²) >= 11 is 0. The first kappa shape index (κ1) is 10.9. The highest BCUT2D eigenvalue weighted by molar-refractivity contribution is 5.93. The maximum absolute atomic E-state index is 11.7. The van der Waals surface area contributed by atoms with Gasteiger partial charge in [-0.2, -0.15) is 5.26 Å². The molecular formula is C12H10N4O. The molecule has 0 saturated heterocycles. The molecule has 17 heavy (non-hydrogen) atoms. The summed E-state index contributed by atoms with van der Waals surface area (Å²) in [7, 11) is 0. The fourth-order valence-corrected chi connectivity index (χ4v) is 1.44. The number of rotatable bonds is 3. The fourth-order valence-electron chi connectivity index (χ4n) is 1.44. The van der Waals surface area contributed by atoms with Crippen molar-refractivity contribution in [2.45, 2.75) is 6.42 Å². The highest BCUT2D eigenvalue weighted by atomic mass is 16.1. The molecular weight excluding hydrogens is 216 g/mol. The van der Waals surface area contributed by atoms with Crippen molar-refractivity contribution < 1.29 is 4.79 Å². The Hall–Kier alpha value is -2.61. The first-order chi connectivity index (χ1) is 8.29. The molecule has 1 heterocycles. The second-order valence-corrected chi connectivity index (χ2v) is 3.46.